The van der Waals surface area contributed by atoms with E-state index < -0.39 is 18.3 Å². The SMILES string of the molecule is CCCCCCCCOc1ccc(B2OC(C)(C)C(C)(C)O2)c(F)c1. The van der Waals surface area contributed by atoms with Crippen LogP contribution < -0.4 is 10.2 Å². The van der Waals surface area contributed by atoms with Gasteiger partial charge in [0.05, 0.1) is 17.8 Å². The third kappa shape index (κ3) is 5.21. The molecule has 3 nitrogen and oxygen atoms in total. The molecule has 0 bridgehead atoms. The lowest BCUT2D eigenvalue weighted by atomic mass is 9.78. The summed E-state index contributed by atoms with van der Waals surface area (Å²) in [5.41, 5.74) is -0.528. The molecular formula is C20H32BFO3. The molecule has 140 valence electrons. The molecule has 1 aliphatic heterocycles. The van der Waals surface area contributed by atoms with Crippen LogP contribution in [0.15, 0.2) is 18.2 Å². The lowest BCUT2D eigenvalue weighted by Crippen LogP contribution is -2.41. The van der Waals surface area contributed by atoms with Crippen molar-refractivity contribution in [2.75, 3.05) is 6.61 Å². The number of hydrogen-bond acceptors (Lipinski definition) is 3. The van der Waals surface area contributed by atoms with Gasteiger partial charge in [0.2, 0.25) is 0 Å². The molecule has 1 heterocycles. The van der Waals surface area contributed by atoms with Crippen molar-refractivity contribution in [2.45, 2.75) is 84.3 Å². The Morgan fingerprint density at radius 1 is 0.960 bits per heavy atom. The van der Waals surface area contributed by atoms with Gasteiger partial charge in [-0.25, -0.2) is 4.39 Å². The van der Waals surface area contributed by atoms with E-state index in [9.17, 15) is 4.39 Å². The standard InChI is InChI=1S/C20H32BFO3/c1-6-7-8-9-10-11-14-23-16-12-13-17(18(22)15-16)21-24-19(2,3)20(4,5)25-21/h12-13,15H,6-11,14H2,1-5H3. The van der Waals surface area contributed by atoms with Crippen molar-refractivity contribution in [2.24, 2.45) is 0 Å². The topological polar surface area (TPSA) is 27.7 Å². The lowest BCUT2D eigenvalue weighted by molar-refractivity contribution is 0.00578. The van der Waals surface area contributed by atoms with E-state index in [1.54, 1.807) is 12.1 Å². The molecule has 1 fully saturated rings. The molecule has 0 spiro atoms. The number of hydrogen-bond donors (Lipinski definition) is 0. The van der Waals surface area contributed by atoms with Crippen molar-refractivity contribution in [3.05, 3.63) is 24.0 Å². The second kappa shape index (κ2) is 8.55. The maximum absolute atomic E-state index is 14.5. The molecule has 0 radical (unpaired) electrons. The van der Waals surface area contributed by atoms with Gasteiger partial charge in [-0.3, -0.25) is 0 Å². The third-order valence-electron chi connectivity index (χ3n) is 5.25. The maximum atomic E-state index is 14.5. The molecule has 1 aromatic rings. The summed E-state index contributed by atoms with van der Waals surface area (Å²) in [7, 11) is -0.683. The summed E-state index contributed by atoms with van der Waals surface area (Å²) in [5, 5.41) is 0. The van der Waals surface area contributed by atoms with Gasteiger partial charge < -0.3 is 14.0 Å². The number of ether oxygens (including phenoxy) is 1. The number of rotatable bonds is 9. The van der Waals surface area contributed by atoms with Gasteiger partial charge in [-0.1, -0.05) is 45.1 Å². The Hall–Kier alpha value is -1.07. The average molecular weight is 350 g/mol. The van der Waals surface area contributed by atoms with Crippen LogP contribution >= 0.6 is 0 Å². The summed E-state index contributed by atoms with van der Waals surface area (Å²) in [6.45, 7) is 10.7. The smallest absolute Gasteiger partial charge is 0.493 e. The molecule has 0 N–H and O–H groups in total. The van der Waals surface area contributed by atoms with Gasteiger partial charge in [-0.05, 0) is 40.2 Å². The molecule has 1 saturated heterocycles. The van der Waals surface area contributed by atoms with Crippen LogP contribution in [0.4, 0.5) is 4.39 Å². The first kappa shape index (κ1) is 20.2. The van der Waals surface area contributed by atoms with Crippen molar-refractivity contribution < 1.29 is 18.4 Å². The summed E-state index contributed by atoms with van der Waals surface area (Å²) < 4.78 is 32.0. The van der Waals surface area contributed by atoms with Crippen molar-refractivity contribution in [3.63, 3.8) is 0 Å². The zero-order valence-electron chi connectivity index (χ0n) is 16.4. The zero-order valence-corrected chi connectivity index (χ0v) is 16.4. The first-order chi connectivity index (χ1) is 11.8. The predicted octanol–water partition coefficient (Wildman–Crippen LogP) is 4.86. The highest BCUT2D eigenvalue weighted by Gasteiger charge is 2.52. The first-order valence-corrected chi connectivity index (χ1v) is 9.55. The quantitative estimate of drug-likeness (QED) is 0.470. The second-order valence-corrected chi connectivity index (χ2v) is 7.89. The molecule has 2 rings (SSSR count). The van der Waals surface area contributed by atoms with Crippen LogP contribution in [0.3, 0.4) is 0 Å². The van der Waals surface area contributed by atoms with E-state index in [-0.39, 0.29) is 5.82 Å². The highest BCUT2D eigenvalue weighted by atomic mass is 19.1. The van der Waals surface area contributed by atoms with Crippen LogP contribution in [0.1, 0.15) is 73.1 Å². The fraction of sp³-hybridized carbons (Fsp3) is 0.700. The molecule has 0 aliphatic carbocycles. The Bertz CT molecular complexity index is 544. The number of benzene rings is 1. The molecule has 0 saturated carbocycles. The van der Waals surface area contributed by atoms with E-state index in [2.05, 4.69) is 6.92 Å². The molecule has 25 heavy (non-hydrogen) atoms. The molecule has 0 atom stereocenters. The summed E-state index contributed by atoms with van der Waals surface area (Å²) in [4.78, 5) is 0. The minimum atomic E-state index is -0.683. The van der Waals surface area contributed by atoms with E-state index in [4.69, 9.17) is 14.0 Å². The fourth-order valence-corrected chi connectivity index (χ4v) is 2.83. The summed E-state index contributed by atoms with van der Waals surface area (Å²) >= 11 is 0. The van der Waals surface area contributed by atoms with E-state index >= 15 is 0 Å². The van der Waals surface area contributed by atoms with Gasteiger partial charge in [0.25, 0.3) is 0 Å². The van der Waals surface area contributed by atoms with Crippen LogP contribution in [0.25, 0.3) is 0 Å². The fourth-order valence-electron chi connectivity index (χ4n) is 2.83. The monoisotopic (exact) mass is 350 g/mol. The molecule has 1 aliphatic rings. The Morgan fingerprint density at radius 3 is 2.16 bits per heavy atom. The van der Waals surface area contributed by atoms with Crippen molar-refractivity contribution in [3.8, 4) is 5.75 Å². The minimum absolute atomic E-state index is 0.348. The van der Waals surface area contributed by atoms with Gasteiger partial charge in [0.15, 0.2) is 0 Å². The van der Waals surface area contributed by atoms with Gasteiger partial charge in [-0.15, -0.1) is 0 Å². The predicted molar refractivity (Wildman–Crippen MR) is 101 cm³/mol. The first-order valence-electron chi connectivity index (χ1n) is 9.55. The van der Waals surface area contributed by atoms with E-state index in [1.807, 2.05) is 27.7 Å². The normalized spacial score (nSPS) is 18.6. The highest BCUT2D eigenvalue weighted by Crippen LogP contribution is 2.36. The van der Waals surface area contributed by atoms with Gasteiger partial charge >= 0.3 is 7.12 Å². The number of halogens is 1. The maximum Gasteiger partial charge on any atom is 0.497 e. The minimum Gasteiger partial charge on any atom is -0.493 e. The Kier molecular flexibility index (Phi) is 6.92. The van der Waals surface area contributed by atoms with Crippen LogP contribution in [-0.2, 0) is 9.31 Å². The van der Waals surface area contributed by atoms with Gasteiger partial charge in [-0.2, -0.15) is 0 Å². The summed E-state index contributed by atoms with van der Waals surface area (Å²) in [6.07, 6.45) is 7.25. The lowest BCUT2D eigenvalue weighted by Gasteiger charge is -2.32. The number of unbranched alkanes of at least 4 members (excludes halogenated alkanes) is 5. The van der Waals surface area contributed by atoms with Gasteiger partial charge in [0, 0.05) is 11.5 Å². The molecule has 0 unspecified atom stereocenters. The largest absolute Gasteiger partial charge is 0.497 e. The molecule has 0 aromatic heterocycles. The molecular weight excluding hydrogens is 318 g/mol. The molecule has 0 amide bonds. The Labute approximate surface area is 152 Å². The summed E-state index contributed by atoms with van der Waals surface area (Å²) in [6, 6.07) is 4.92. The summed E-state index contributed by atoms with van der Waals surface area (Å²) in [5.74, 6) is 0.213. The van der Waals surface area contributed by atoms with Crippen molar-refractivity contribution >= 4 is 12.6 Å². The second-order valence-electron chi connectivity index (χ2n) is 7.89. The molecule has 5 heteroatoms. The van der Waals surface area contributed by atoms with Crippen LogP contribution in [0, 0.1) is 5.82 Å². The van der Waals surface area contributed by atoms with E-state index in [0.717, 1.165) is 12.8 Å². The van der Waals surface area contributed by atoms with Gasteiger partial charge in [0.1, 0.15) is 11.6 Å². The van der Waals surface area contributed by atoms with Crippen LogP contribution in [0.5, 0.6) is 5.75 Å². The Morgan fingerprint density at radius 2 is 1.56 bits per heavy atom. The van der Waals surface area contributed by atoms with Crippen molar-refractivity contribution in [1.82, 2.24) is 0 Å². The van der Waals surface area contributed by atoms with E-state index in [0.29, 0.717) is 17.8 Å². The molecule has 1 aromatic carbocycles. The third-order valence-corrected chi connectivity index (χ3v) is 5.25. The average Bonchev–Trinajstić information content (AvgIpc) is 2.74. The zero-order chi connectivity index (χ0) is 18.5. The van der Waals surface area contributed by atoms with Crippen LogP contribution in [-0.4, -0.2) is 24.9 Å². The highest BCUT2D eigenvalue weighted by molar-refractivity contribution is 6.62. The van der Waals surface area contributed by atoms with Crippen molar-refractivity contribution in [1.29, 1.82) is 0 Å². The van der Waals surface area contributed by atoms with E-state index in [1.165, 1.54) is 31.7 Å². The Balaban J connectivity index is 1.85. The van der Waals surface area contributed by atoms with Crippen LogP contribution in [0.2, 0.25) is 0 Å².